The summed E-state index contributed by atoms with van der Waals surface area (Å²) in [5, 5.41) is 8.86. The van der Waals surface area contributed by atoms with Crippen LogP contribution in [-0.2, 0) is 11.2 Å². The van der Waals surface area contributed by atoms with Gasteiger partial charge < -0.3 is 5.11 Å². The minimum Gasteiger partial charge on any atom is -0.478 e. The molecule has 0 amide bonds. The Labute approximate surface area is 185 Å². The summed E-state index contributed by atoms with van der Waals surface area (Å²) in [4.78, 5) is 10.8. The van der Waals surface area contributed by atoms with E-state index in [1.165, 1.54) is 23.8 Å². The molecule has 0 aromatic heterocycles. The number of carboxylic acids is 1. The van der Waals surface area contributed by atoms with Gasteiger partial charge in [-0.25, -0.2) is 13.6 Å². The maximum Gasteiger partial charge on any atom is 0.328 e. The van der Waals surface area contributed by atoms with Crippen LogP contribution in [0.5, 0.6) is 0 Å². The van der Waals surface area contributed by atoms with Gasteiger partial charge >= 0.3 is 5.97 Å². The van der Waals surface area contributed by atoms with Crippen LogP contribution in [0.15, 0.2) is 78.4 Å². The molecule has 3 aromatic rings. The van der Waals surface area contributed by atoms with Crippen LogP contribution in [0.4, 0.5) is 8.78 Å². The molecule has 160 valence electrons. The van der Waals surface area contributed by atoms with Gasteiger partial charge in [-0.3, -0.25) is 0 Å². The van der Waals surface area contributed by atoms with Crippen molar-refractivity contribution in [3.63, 3.8) is 0 Å². The molecule has 0 heterocycles. The first-order chi connectivity index (χ1) is 15.5. The van der Waals surface area contributed by atoms with Gasteiger partial charge in [0.1, 0.15) is 11.6 Å². The Balaban J connectivity index is 1.87. The molecule has 0 radical (unpaired) electrons. The number of benzene rings is 3. The van der Waals surface area contributed by atoms with Crippen LogP contribution in [0.25, 0.3) is 23.3 Å². The van der Waals surface area contributed by atoms with Crippen LogP contribution in [0.2, 0.25) is 0 Å². The molecular weight excluding hydrogens is 406 g/mol. The van der Waals surface area contributed by atoms with Crippen molar-refractivity contribution in [1.29, 1.82) is 0 Å². The Morgan fingerprint density at radius 3 is 2.44 bits per heavy atom. The zero-order valence-electron chi connectivity index (χ0n) is 17.6. The van der Waals surface area contributed by atoms with Gasteiger partial charge in [0.25, 0.3) is 0 Å². The van der Waals surface area contributed by atoms with Gasteiger partial charge in [-0.05, 0) is 70.0 Å². The standard InChI is InChI=1S/C28H22F2O2/c1-2-24(25-13-12-23(29)17-26(25)30)28(22-15-20-5-3-4-6-21(20)16-22)19-10-7-18(8-11-19)9-14-27(31)32/h3-15,17H,2,16H2,1H3,(H,31,32)/b14-9+,28-24+. The van der Waals surface area contributed by atoms with Gasteiger partial charge in [-0.2, -0.15) is 0 Å². The van der Waals surface area contributed by atoms with E-state index in [9.17, 15) is 13.6 Å². The summed E-state index contributed by atoms with van der Waals surface area (Å²) in [7, 11) is 0. The molecule has 32 heavy (non-hydrogen) atoms. The Bertz CT molecular complexity index is 1260. The van der Waals surface area contributed by atoms with Crippen molar-refractivity contribution in [1.82, 2.24) is 0 Å². The summed E-state index contributed by atoms with van der Waals surface area (Å²) in [5.74, 6) is -2.20. The number of halogens is 2. The third-order valence-corrected chi connectivity index (χ3v) is 5.62. The highest BCUT2D eigenvalue weighted by molar-refractivity contribution is 6.02. The van der Waals surface area contributed by atoms with E-state index in [1.807, 2.05) is 43.3 Å². The summed E-state index contributed by atoms with van der Waals surface area (Å²) in [5.41, 5.74) is 7.17. The van der Waals surface area contributed by atoms with Crippen molar-refractivity contribution in [2.45, 2.75) is 19.8 Å². The van der Waals surface area contributed by atoms with E-state index in [2.05, 4.69) is 18.2 Å². The first-order valence-corrected chi connectivity index (χ1v) is 10.4. The molecule has 0 saturated carbocycles. The lowest BCUT2D eigenvalue weighted by atomic mass is 9.86. The van der Waals surface area contributed by atoms with Gasteiger partial charge in [-0.15, -0.1) is 0 Å². The third kappa shape index (κ3) is 4.45. The molecular formula is C28H22F2O2. The van der Waals surface area contributed by atoms with Crippen LogP contribution < -0.4 is 0 Å². The molecule has 1 aliphatic carbocycles. The topological polar surface area (TPSA) is 37.3 Å². The predicted molar refractivity (Wildman–Crippen MR) is 125 cm³/mol. The fourth-order valence-electron chi connectivity index (χ4n) is 4.16. The van der Waals surface area contributed by atoms with Crippen LogP contribution in [0, 0.1) is 11.6 Å². The Morgan fingerprint density at radius 1 is 1.03 bits per heavy atom. The second-order valence-electron chi connectivity index (χ2n) is 7.67. The van der Waals surface area contributed by atoms with Gasteiger partial charge in [-0.1, -0.05) is 61.5 Å². The largest absolute Gasteiger partial charge is 0.478 e. The second kappa shape index (κ2) is 9.15. The average Bonchev–Trinajstić information content (AvgIpc) is 3.20. The lowest BCUT2D eigenvalue weighted by Crippen LogP contribution is -1.99. The van der Waals surface area contributed by atoms with E-state index in [4.69, 9.17) is 5.11 Å². The Kier molecular flexibility index (Phi) is 6.13. The fraction of sp³-hybridized carbons (Fsp3) is 0.107. The smallest absolute Gasteiger partial charge is 0.328 e. The van der Waals surface area contributed by atoms with E-state index >= 15 is 0 Å². The van der Waals surface area contributed by atoms with Gasteiger partial charge in [0.15, 0.2) is 0 Å². The number of aliphatic carboxylic acids is 1. The van der Waals surface area contributed by atoms with Gasteiger partial charge in [0.05, 0.1) is 0 Å². The molecule has 4 heteroatoms. The average molecular weight is 428 g/mol. The summed E-state index contributed by atoms with van der Waals surface area (Å²) in [6.45, 7) is 1.96. The summed E-state index contributed by atoms with van der Waals surface area (Å²) in [6.07, 6.45) is 6.03. The molecule has 4 rings (SSSR count). The van der Waals surface area contributed by atoms with E-state index in [0.29, 0.717) is 12.0 Å². The molecule has 3 aromatic carbocycles. The van der Waals surface area contributed by atoms with E-state index in [-0.39, 0.29) is 0 Å². The number of hydrogen-bond donors (Lipinski definition) is 1. The van der Waals surface area contributed by atoms with Crippen molar-refractivity contribution in [2.24, 2.45) is 0 Å². The number of carbonyl (C=O) groups is 1. The van der Waals surface area contributed by atoms with Crippen LogP contribution >= 0.6 is 0 Å². The number of allylic oxidation sites excluding steroid dienone is 3. The Morgan fingerprint density at radius 2 is 1.78 bits per heavy atom. The zero-order valence-corrected chi connectivity index (χ0v) is 17.6. The first kappa shape index (κ1) is 21.4. The lowest BCUT2D eigenvalue weighted by Gasteiger charge is -2.18. The molecule has 0 unspecified atom stereocenters. The van der Waals surface area contributed by atoms with Gasteiger partial charge in [0.2, 0.25) is 0 Å². The number of carboxylic acid groups (broad SMARTS) is 1. The van der Waals surface area contributed by atoms with Crippen LogP contribution in [0.1, 0.15) is 41.2 Å². The zero-order chi connectivity index (χ0) is 22.7. The quantitative estimate of drug-likeness (QED) is 0.338. The minimum atomic E-state index is -1.01. The molecule has 2 nitrogen and oxygen atoms in total. The molecule has 1 N–H and O–H groups in total. The van der Waals surface area contributed by atoms with Crippen molar-refractivity contribution in [3.05, 3.63) is 118 Å². The van der Waals surface area contributed by atoms with E-state index in [0.717, 1.165) is 52.0 Å². The van der Waals surface area contributed by atoms with Crippen molar-refractivity contribution >= 4 is 29.3 Å². The highest BCUT2D eigenvalue weighted by Gasteiger charge is 2.22. The summed E-state index contributed by atoms with van der Waals surface area (Å²) >= 11 is 0. The first-order valence-electron chi connectivity index (χ1n) is 10.4. The summed E-state index contributed by atoms with van der Waals surface area (Å²) in [6, 6.07) is 19.3. The van der Waals surface area contributed by atoms with E-state index in [1.54, 1.807) is 0 Å². The molecule has 0 fully saturated rings. The van der Waals surface area contributed by atoms with Crippen molar-refractivity contribution in [2.75, 3.05) is 0 Å². The molecule has 0 aliphatic heterocycles. The third-order valence-electron chi connectivity index (χ3n) is 5.62. The van der Waals surface area contributed by atoms with Crippen LogP contribution in [-0.4, -0.2) is 11.1 Å². The van der Waals surface area contributed by atoms with Gasteiger partial charge in [0, 0.05) is 17.7 Å². The SMILES string of the molecule is CC/C(=C(\C1=Cc2ccccc2C1)c1ccc(/C=C/C(=O)O)cc1)c1ccc(F)cc1F. The monoisotopic (exact) mass is 428 g/mol. The van der Waals surface area contributed by atoms with Crippen molar-refractivity contribution in [3.8, 4) is 0 Å². The van der Waals surface area contributed by atoms with Crippen LogP contribution in [0.3, 0.4) is 0 Å². The van der Waals surface area contributed by atoms with E-state index < -0.39 is 17.6 Å². The highest BCUT2D eigenvalue weighted by atomic mass is 19.1. The van der Waals surface area contributed by atoms with Crippen molar-refractivity contribution < 1.29 is 18.7 Å². The predicted octanol–water partition coefficient (Wildman–Crippen LogP) is 7.02. The summed E-state index contributed by atoms with van der Waals surface area (Å²) < 4.78 is 28.4. The maximum absolute atomic E-state index is 14.8. The lowest BCUT2D eigenvalue weighted by molar-refractivity contribution is -0.131. The fourth-order valence-corrected chi connectivity index (χ4v) is 4.16. The minimum absolute atomic E-state index is 0.385. The Hall–Kier alpha value is -3.79. The molecule has 0 spiro atoms. The molecule has 0 bridgehead atoms. The molecule has 1 aliphatic rings. The molecule has 0 saturated heterocycles. The maximum atomic E-state index is 14.8. The number of rotatable bonds is 6. The number of hydrogen-bond acceptors (Lipinski definition) is 1. The number of fused-ring (bicyclic) bond motifs is 1. The second-order valence-corrected chi connectivity index (χ2v) is 7.67. The normalized spacial score (nSPS) is 13.7. The highest BCUT2D eigenvalue weighted by Crippen LogP contribution is 2.40. The molecule has 0 atom stereocenters.